The van der Waals surface area contributed by atoms with E-state index in [1.165, 1.54) is 0 Å². The summed E-state index contributed by atoms with van der Waals surface area (Å²) in [6.07, 6.45) is 2.10. The van der Waals surface area contributed by atoms with E-state index in [0.717, 1.165) is 38.2 Å². The predicted octanol–water partition coefficient (Wildman–Crippen LogP) is -0.119. The zero-order valence-corrected chi connectivity index (χ0v) is 7.19. The lowest BCUT2D eigenvalue weighted by atomic mass is 10.2. The number of hydrogen-bond donors (Lipinski definition) is 1. The molecule has 62 valence electrons. The molecule has 2 rings (SSSR count). The maximum Gasteiger partial charge on any atom is 0.210 e. The van der Waals surface area contributed by atoms with E-state index in [1.807, 2.05) is 16.7 Å². The highest BCUT2D eigenvalue weighted by molar-refractivity contribution is 8.00. The largest absolute Gasteiger partial charge is 0.328 e. The molecule has 2 saturated heterocycles. The summed E-state index contributed by atoms with van der Waals surface area (Å²) in [5.41, 5.74) is 0. The molecular weight excluding hydrogens is 160 g/mol. The monoisotopic (exact) mass is 172 g/mol. The van der Waals surface area contributed by atoms with Crippen LogP contribution in [-0.2, 0) is 4.79 Å². The van der Waals surface area contributed by atoms with Gasteiger partial charge in [0, 0.05) is 18.8 Å². The van der Waals surface area contributed by atoms with Gasteiger partial charge in [0.1, 0.15) is 4.87 Å². The lowest BCUT2D eigenvalue weighted by molar-refractivity contribution is -0.119. The standard InChI is InChI=1S/C7H12N2OS/c10-6-9-3-4-11-7(9)1-2-8-5-7/h6,8H,1-5H2. The van der Waals surface area contributed by atoms with Gasteiger partial charge in [-0.15, -0.1) is 11.8 Å². The van der Waals surface area contributed by atoms with Crippen LogP contribution in [0.4, 0.5) is 0 Å². The number of rotatable bonds is 1. The van der Waals surface area contributed by atoms with Crippen molar-refractivity contribution in [1.29, 1.82) is 0 Å². The minimum atomic E-state index is 0.127. The number of thioether (sulfide) groups is 1. The minimum absolute atomic E-state index is 0.127. The maximum absolute atomic E-state index is 10.7. The van der Waals surface area contributed by atoms with Crippen molar-refractivity contribution in [2.24, 2.45) is 0 Å². The van der Waals surface area contributed by atoms with Crippen LogP contribution >= 0.6 is 11.8 Å². The molecule has 11 heavy (non-hydrogen) atoms. The number of carbonyl (C=O) groups excluding carboxylic acids is 1. The van der Waals surface area contributed by atoms with Crippen molar-refractivity contribution in [3.8, 4) is 0 Å². The van der Waals surface area contributed by atoms with Gasteiger partial charge in [-0.1, -0.05) is 0 Å². The van der Waals surface area contributed by atoms with Crippen molar-refractivity contribution < 1.29 is 4.79 Å². The van der Waals surface area contributed by atoms with E-state index < -0.39 is 0 Å². The number of amides is 1. The van der Waals surface area contributed by atoms with Gasteiger partial charge in [0.15, 0.2) is 0 Å². The van der Waals surface area contributed by atoms with Crippen LogP contribution in [0.25, 0.3) is 0 Å². The third-order valence-electron chi connectivity index (χ3n) is 2.45. The lowest BCUT2D eigenvalue weighted by Crippen LogP contribution is -2.42. The second-order valence-electron chi connectivity index (χ2n) is 3.02. The average Bonchev–Trinajstić information content (AvgIpc) is 2.62. The van der Waals surface area contributed by atoms with E-state index in [1.54, 1.807) is 0 Å². The highest BCUT2D eigenvalue weighted by atomic mass is 32.2. The fourth-order valence-corrected chi connectivity index (χ4v) is 3.21. The summed E-state index contributed by atoms with van der Waals surface area (Å²) in [4.78, 5) is 12.7. The van der Waals surface area contributed by atoms with Crippen molar-refractivity contribution in [2.75, 3.05) is 25.4 Å². The molecule has 0 aromatic heterocycles. The van der Waals surface area contributed by atoms with E-state index in [-0.39, 0.29) is 4.87 Å². The number of nitrogens with zero attached hydrogens (tertiary/aromatic N) is 1. The summed E-state index contributed by atoms with van der Waals surface area (Å²) < 4.78 is 0. The molecule has 1 atom stereocenters. The molecule has 0 aromatic rings. The van der Waals surface area contributed by atoms with E-state index in [9.17, 15) is 4.79 Å². The van der Waals surface area contributed by atoms with Gasteiger partial charge in [-0.2, -0.15) is 0 Å². The second kappa shape index (κ2) is 2.68. The van der Waals surface area contributed by atoms with Gasteiger partial charge in [-0.05, 0) is 13.0 Å². The summed E-state index contributed by atoms with van der Waals surface area (Å²) in [5.74, 6) is 1.10. The Bertz CT molecular complexity index is 162. The molecule has 1 spiro atoms. The molecular formula is C7H12N2OS. The summed E-state index contributed by atoms with van der Waals surface area (Å²) in [5, 5.41) is 3.30. The Kier molecular flexibility index (Phi) is 1.81. The molecule has 0 aromatic carbocycles. The Morgan fingerprint density at radius 1 is 1.64 bits per heavy atom. The lowest BCUT2D eigenvalue weighted by Gasteiger charge is -2.29. The molecule has 2 heterocycles. The Morgan fingerprint density at radius 2 is 2.55 bits per heavy atom. The third-order valence-corrected chi connectivity index (χ3v) is 3.95. The maximum atomic E-state index is 10.7. The first-order valence-electron chi connectivity index (χ1n) is 3.94. The zero-order chi connectivity index (χ0) is 7.73. The van der Waals surface area contributed by atoms with Gasteiger partial charge < -0.3 is 10.2 Å². The van der Waals surface area contributed by atoms with Crippen LogP contribution < -0.4 is 5.32 Å². The fraction of sp³-hybridized carbons (Fsp3) is 0.857. The molecule has 3 nitrogen and oxygen atoms in total. The third kappa shape index (κ3) is 1.05. The van der Waals surface area contributed by atoms with Crippen LogP contribution in [0.3, 0.4) is 0 Å². The molecule has 0 radical (unpaired) electrons. The van der Waals surface area contributed by atoms with Crippen LogP contribution in [0.5, 0.6) is 0 Å². The SMILES string of the molecule is O=CN1CCSC12CCNC2. The highest BCUT2D eigenvalue weighted by Gasteiger charge is 2.43. The first-order valence-corrected chi connectivity index (χ1v) is 4.93. The number of nitrogens with one attached hydrogen (secondary N) is 1. The highest BCUT2D eigenvalue weighted by Crippen LogP contribution is 2.39. The molecule has 4 heteroatoms. The van der Waals surface area contributed by atoms with Crippen LogP contribution in [0.15, 0.2) is 0 Å². The van der Waals surface area contributed by atoms with Crippen LogP contribution in [0.2, 0.25) is 0 Å². The topological polar surface area (TPSA) is 32.3 Å². The van der Waals surface area contributed by atoms with Gasteiger partial charge in [0.2, 0.25) is 6.41 Å². The van der Waals surface area contributed by atoms with Gasteiger partial charge in [-0.25, -0.2) is 0 Å². The van der Waals surface area contributed by atoms with Crippen molar-refractivity contribution in [2.45, 2.75) is 11.3 Å². The van der Waals surface area contributed by atoms with E-state index in [0.29, 0.717) is 0 Å². The van der Waals surface area contributed by atoms with Crippen molar-refractivity contribution >= 4 is 18.2 Å². The molecule has 1 N–H and O–H groups in total. The Hall–Kier alpha value is -0.220. The Balaban J connectivity index is 2.15. The first kappa shape index (κ1) is 7.43. The van der Waals surface area contributed by atoms with Crippen LogP contribution in [0.1, 0.15) is 6.42 Å². The van der Waals surface area contributed by atoms with Crippen molar-refractivity contribution in [3.63, 3.8) is 0 Å². The summed E-state index contributed by atoms with van der Waals surface area (Å²) in [7, 11) is 0. The molecule has 0 saturated carbocycles. The van der Waals surface area contributed by atoms with Gasteiger partial charge in [0.25, 0.3) is 0 Å². The second-order valence-corrected chi connectivity index (χ2v) is 4.48. The smallest absolute Gasteiger partial charge is 0.210 e. The van der Waals surface area contributed by atoms with E-state index >= 15 is 0 Å². The molecule has 0 bridgehead atoms. The van der Waals surface area contributed by atoms with Gasteiger partial charge in [0.05, 0.1) is 0 Å². The molecule has 2 aliphatic heterocycles. The van der Waals surface area contributed by atoms with E-state index in [2.05, 4.69) is 5.32 Å². The average molecular weight is 172 g/mol. The van der Waals surface area contributed by atoms with Gasteiger partial charge >= 0.3 is 0 Å². The Labute approximate surface area is 70.5 Å². The zero-order valence-electron chi connectivity index (χ0n) is 6.38. The summed E-state index contributed by atoms with van der Waals surface area (Å²) in [6.45, 7) is 2.95. The predicted molar refractivity (Wildman–Crippen MR) is 45.4 cm³/mol. The number of hydrogen-bond acceptors (Lipinski definition) is 3. The summed E-state index contributed by atoms with van der Waals surface area (Å²) >= 11 is 1.92. The van der Waals surface area contributed by atoms with Gasteiger partial charge in [-0.3, -0.25) is 4.79 Å². The van der Waals surface area contributed by atoms with Crippen LogP contribution in [0, 0.1) is 0 Å². The fourth-order valence-electron chi connectivity index (χ4n) is 1.79. The number of carbonyl (C=O) groups is 1. The molecule has 2 aliphatic rings. The first-order chi connectivity index (χ1) is 5.37. The minimum Gasteiger partial charge on any atom is -0.328 e. The molecule has 1 unspecified atom stereocenters. The van der Waals surface area contributed by atoms with E-state index in [4.69, 9.17) is 0 Å². The molecule has 1 amide bonds. The Morgan fingerprint density at radius 3 is 3.18 bits per heavy atom. The normalized spacial score (nSPS) is 36.9. The molecule has 2 fully saturated rings. The molecule has 0 aliphatic carbocycles. The van der Waals surface area contributed by atoms with Crippen molar-refractivity contribution in [1.82, 2.24) is 10.2 Å². The summed E-state index contributed by atoms with van der Waals surface area (Å²) in [6, 6.07) is 0. The van der Waals surface area contributed by atoms with Crippen LogP contribution in [-0.4, -0.2) is 41.6 Å². The quantitative estimate of drug-likeness (QED) is 0.560. The van der Waals surface area contributed by atoms with Crippen molar-refractivity contribution in [3.05, 3.63) is 0 Å².